The van der Waals surface area contributed by atoms with Gasteiger partial charge in [0.25, 0.3) is 5.91 Å². The van der Waals surface area contributed by atoms with Crippen LogP contribution in [0.2, 0.25) is 0 Å². The molecule has 0 fully saturated rings. The van der Waals surface area contributed by atoms with Crippen LogP contribution in [0.4, 0.5) is 0 Å². The second-order valence-electron chi connectivity index (χ2n) is 2.97. The molecule has 1 aromatic heterocycles. The Morgan fingerprint density at radius 3 is 2.62 bits per heavy atom. The molecule has 0 aliphatic carbocycles. The minimum absolute atomic E-state index is 0.359. The first kappa shape index (κ1) is 12.1. The number of aliphatic hydroxyl groups excluding tert-OH is 1. The largest absolute Gasteiger partial charge is 0.467 e. The maximum Gasteiger partial charge on any atom is 0.330 e. The van der Waals surface area contributed by atoms with Gasteiger partial charge in [-0.25, -0.2) is 4.79 Å². The number of nitrogens with zero attached hydrogens (tertiary/aromatic N) is 1. The van der Waals surface area contributed by atoms with Crippen LogP contribution in [0.1, 0.15) is 10.4 Å². The molecule has 2 N–H and O–H groups in total. The van der Waals surface area contributed by atoms with Gasteiger partial charge in [0.1, 0.15) is 0 Å². The van der Waals surface area contributed by atoms with Gasteiger partial charge in [0.15, 0.2) is 6.04 Å². The standard InChI is InChI=1S/C10H12N2O4/c1-16-10(15)8(6-13)12-9(14)7-2-4-11-5-3-7/h2-5,8,13H,6H2,1H3,(H,12,14). The topological polar surface area (TPSA) is 88.5 Å². The number of aliphatic hydroxyl groups is 1. The summed E-state index contributed by atoms with van der Waals surface area (Å²) in [5, 5.41) is 11.2. The zero-order chi connectivity index (χ0) is 12.0. The molecule has 0 bridgehead atoms. The van der Waals surface area contributed by atoms with Crippen LogP contribution in [0.3, 0.4) is 0 Å². The maximum absolute atomic E-state index is 11.6. The fourth-order valence-corrected chi connectivity index (χ4v) is 1.07. The fourth-order valence-electron chi connectivity index (χ4n) is 1.07. The van der Waals surface area contributed by atoms with E-state index < -0.39 is 24.5 Å². The summed E-state index contributed by atoms with van der Waals surface area (Å²) in [4.78, 5) is 26.4. The van der Waals surface area contributed by atoms with E-state index in [9.17, 15) is 9.59 Å². The predicted octanol–water partition coefficient (Wildman–Crippen LogP) is -0.655. The third-order valence-corrected chi connectivity index (χ3v) is 1.92. The van der Waals surface area contributed by atoms with Crippen molar-refractivity contribution in [2.24, 2.45) is 0 Å². The number of ether oxygens (including phenoxy) is 1. The van der Waals surface area contributed by atoms with Gasteiger partial charge in [-0.2, -0.15) is 0 Å². The molecular formula is C10H12N2O4. The normalized spacial score (nSPS) is 11.6. The smallest absolute Gasteiger partial charge is 0.330 e. The highest BCUT2D eigenvalue weighted by molar-refractivity contribution is 5.96. The molecule has 0 aliphatic heterocycles. The lowest BCUT2D eigenvalue weighted by atomic mass is 10.2. The van der Waals surface area contributed by atoms with Crippen LogP contribution in [0.5, 0.6) is 0 Å². The van der Waals surface area contributed by atoms with Crippen molar-refractivity contribution < 1.29 is 19.4 Å². The van der Waals surface area contributed by atoms with E-state index in [1.54, 1.807) is 0 Å². The van der Waals surface area contributed by atoms with Crippen LogP contribution in [0, 0.1) is 0 Å². The molecule has 86 valence electrons. The summed E-state index contributed by atoms with van der Waals surface area (Å²) in [6.45, 7) is -0.510. The summed E-state index contributed by atoms with van der Waals surface area (Å²) >= 11 is 0. The minimum atomic E-state index is -1.05. The first-order chi connectivity index (χ1) is 7.69. The molecule has 0 saturated heterocycles. The van der Waals surface area contributed by atoms with Crippen LogP contribution in [0.25, 0.3) is 0 Å². The summed E-state index contributed by atoms with van der Waals surface area (Å²) < 4.78 is 4.41. The van der Waals surface area contributed by atoms with E-state index in [0.29, 0.717) is 5.56 Å². The molecule has 1 amide bonds. The van der Waals surface area contributed by atoms with Gasteiger partial charge >= 0.3 is 5.97 Å². The summed E-state index contributed by atoms with van der Waals surface area (Å²) in [6, 6.07) is 1.95. The summed E-state index contributed by atoms with van der Waals surface area (Å²) in [5.74, 6) is -1.16. The Kier molecular flexibility index (Phi) is 4.41. The molecule has 1 heterocycles. The summed E-state index contributed by atoms with van der Waals surface area (Å²) in [7, 11) is 1.18. The molecule has 0 spiro atoms. The fraction of sp³-hybridized carbons (Fsp3) is 0.300. The highest BCUT2D eigenvalue weighted by atomic mass is 16.5. The van der Waals surface area contributed by atoms with E-state index in [4.69, 9.17) is 5.11 Å². The average Bonchev–Trinajstić information content (AvgIpc) is 2.35. The molecule has 1 unspecified atom stereocenters. The van der Waals surface area contributed by atoms with Crippen molar-refractivity contribution in [3.05, 3.63) is 30.1 Å². The Balaban J connectivity index is 2.66. The number of hydrogen-bond acceptors (Lipinski definition) is 5. The molecular weight excluding hydrogens is 212 g/mol. The second-order valence-corrected chi connectivity index (χ2v) is 2.97. The van der Waals surface area contributed by atoms with E-state index in [2.05, 4.69) is 15.0 Å². The molecule has 0 radical (unpaired) electrons. The zero-order valence-electron chi connectivity index (χ0n) is 8.71. The van der Waals surface area contributed by atoms with Gasteiger partial charge in [-0.1, -0.05) is 0 Å². The minimum Gasteiger partial charge on any atom is -0.467 e. The number of rotatable bonds is 4. The quantitative estimate of drug-likeness (QED) is 0.663. The Labute approximate surface area is 92.3 Å². The van der Waals surface area contributed by atoms with E-state index in [1.165, 1.54) is 31.6 Å². The Hall–Kier alpha value is -1.95. The first-order valence-electron chi connectivity index (χ1n) is 4.58. The molecule has 16 heavy (non-hydrogen) atoms. The van der Waals surface area contributed by atoms with E-state index in [-0.39, 0.29) is 0 Å². The number of pyridine rings is 1. The van der Waals surface area contributed by atoms with Gasteiger partial charge in [0, 0.05) is 18.0 Å². The maximum atomic E-state index is 11.6. The highest BCUT2D eigenvalue weighted by Crippen LogP contribution is 1.97. The van der Waals surface area contributed by atoms with Gasteiger partial charge < -0.3 is 15.2 Å². The van der Waals surface area contributed by atoms with Crippen molar-refractivity contribution in [1.82, 2.24) is 10.3 Å². The number of methoxy groups -OCH3 is 1. The molecule has 6 heteroatoms. The Morgan fingerprint density at radius 1 is 1.50 bits per heavy atom. The molecule has 0 saturated carbocycles. The van der Waals surface area contributed by atoms with Crippen molar-refractivity contribution in [2.75, 3.05) is 13.7 Å². The zero-order valence-corrected chi connectivity index (χ0v) is 8.71. The Morgan fingerprint density at radius 2 is 2.12 bits per heavy atom. The number of esters is 1. The van der Waals surface area contributed by atoms with Gasteiger partial charge in [-0.05, 0) is 12.1 Å². The number of aromatic nitrogens is 1. The lowest BCUT2D eigenvalue weighted by Crippen LogP contribution is -2.44. The predicted molar refractivity (Wildman–Crippen MR) is 54.6 cm³/mol. The van der Waals surface area contributed by atoms with Gasteiger partial charge in [0.2, 0.25) is 0 Å². The number of hydrogen-bond donors (Lipinski definition) is 2. The lowest BCUT2D eigenvalue weighted by molar-refractivity contribution is -0.143. The van der Waals surface area contributed by atoms with Crippen LogP contribution < -0.4 is 5.32 Å². The molecule has 6 nitrogen and oxygen atoms in total. The van der Waals surface area contributed by atoms with Crippen LogP contribution >= 0.6 is 0 Å². The lowest BCUT2D eigenvalue weighted by Gasteiger charge is -2.13. The van der Waals surface area contributed by atoms with E-state index in [0.717, 1.165) is 0 Å². The SMILES string of the molecule is COC(=O)C(CO)NC(=O)c1ccncc1. The molecule has 1 rings (SSSR count). The highest BCUT2D eigenvalue weighted by Gasteiger charge is 2.20. The van der Waals surface area contributed by atoms with E-state index in [1.807, 2.05) is 0 Å². The van der Waals surface area contributed by atoms with E-state index >= 15 is 0 Å². The van der Waals surface area contributed by atoms with Crippen LogP contribution in [-0.2, 0) is 9.53 Å². The third kappa shape index (κ3) is 3.03. The molecule has 0 aliphatic rings. The molecule has 1 atom stereocenters. The average molecular weight is 224 g/mol. The van der Waals surface area contributed by atoms with Crippen molar-refractivity contribution in [1.29, 1.82) is 0 Å². The van der Waals surface area contributed by atoms with Crippen molar-refractivity contribution in [3.63, 3.8) is 0 Å². The van der Waals surface area contributed by atoms with Gasteiger partial charge in [-0.15, -0.1) is 0 Å². The van der Waals surface area contributed by atoms with Crippen molar-refractivity contribution in [2.45, 2.75) is 6.04 Å². The molecule has 0 aromatic carbocycles. The monoisotopic (exact) mass is 224 g/mol. The van der Waals surface area contributed by atoms with Crippen LogP contribution in [-0.4, -0.2) is 41.7 Å². The number of amides is 1. The molecule has 1 aromatic rings. The number of carbonyl (C=O) groups excluding carboxylic acids is 2. The third-order valence-electron chi connectivity index (χ3n) is 1.92. The summed E-state index contributed by atoms with van der Waals surface area (Å²) in [6.07, 6.45) is 2.92. The van der Waals surface area contributed by atoms with Gasteiger partial charge in [-0.3, -0.25) is 9.78 Å². The summed E-state index contributed by atoms with van der Waals surface area (Å²) in [5.41, 5.74) is 0.359. The van der Waals surface area contributed by atoms with Crippen molar-refractivity contribution >= 4 is 11.9 Å². The first-order valence-corrected chi connectivity index (χ1v) is 4.58. The van der Waals surface area contributed by atoms with Crippen LogP contribution in [0.15, 0.2) is 24.5 Å². The Bertz CT molecular complexity index is 366. The number of carbonyl (C=O) groups is 2. The van der Waals surface area contributed by atoms with Crippen molar-refractivity contribution in [3.8, 4) is 0 Å². The van der Waals surface area contributed by atoms with Gasteiger partial charge in [0.05, 0.1) is 13.7 Å². The second kappa shape index (κ2) is 5.82. The number of nitrogens with one attached hydrogen (secondary N) is 1.